The molecule has 5 heteroatoms. The number of hydrogen-bond acceptors (Lipinski definition) is 4. The molecule has 1 aliphatic carbocycles. The lowest BCUT2D eigenvalue weighted by Gasteiger charge is -2.30. The molecule has 19 heavy (non-hydrogen) atoms. The Morgan fingerprint density at radius 3 is 2.26 bits per heavy atom. The van der Waals surface area contributed by atoms with E-state index in [2.05, 4.69) is 0 Å². The molecule has 0 aromatic carbocycles. The lowest BCUT2D eigenvalue weighted by atomic mass is 9.80. The Morgan fingerprint density at radius 1 is 1.16 bits per heavy atom. The highest BCUT2D eigenvalue weighted by Crippen LogP contribution is 2.29. The van der Waals surface area contributed by atoms with Crippen LogP contribution in [0.3, 0.4) is 0 Å². The summed E-state index contributed by atoms with van der Waals surface area (Å²) in [5, 5.41) is 0. The van der Waals surface area contributed by atoms with E-state index in [4.69, 9.17) is 10.5 Å². The first kappa shape index (κ1) is 16.9. The molecule has 0 spiro atoms. The Kier molecular flexibility index (Phi) is 6.27. The van der Waals surface area contributed by atoms with Crippen LogP contribution in [0.15, 0.2) is 0 Å². The van der Waals surface area contributed by atoms with Crippen molar-refractivity contribution in [2.45, 2.75) is 51.2 Å². The van der Waals surface area contributed by atoms with Crippen molar-refractivity contribution in [1.82, 2.24) is 0 Å². The molecule has 0 amide bonds. The molecule has 0 aromatic heterocycles. The van der Waals surface area contributed by atoms with Crippen molar-refractivity contribution in [3.63, 3.8) is 0 Å². The van der Waals surface area contributed by atoms with E-state index in [1.807, 2.05) is 0 Å². The Labute approximate surface area is 118 Å². The average Bonchev–Trinajstić information content (AvgIpc) is 2.33. The van der Waals surface area contributed by atoms with E-state index in [0.717, 1.165) is 6.42 Å². The SMILES string of the molecule is CC(C)(C)S(=O)(=O)CCOCC1CCCCC1CN. The quantitative estimate of drug-likeness (QED) is 0.760. The van der Waals surface area contributed by atoms with Gasteiger partial charge in [0, 0.05) is 6.61 Å². The zero-order valence-corrected chi connectivity index (χ0v) is 13.3. The molecule has 4 nitrogen and oxygen atoms in total. The van der Waals surface area contributed by atoms with Crippen LogP contribution in [0.2, 0.25) is 0 Å². The highest BCUT2D eigenvalue weighted by Gasteiger charge is 2.29. The smallest absolute Gasteiger partial charge is 0.157 e. The summed E-state index contributed by atoms with van der Waals surface area (Å²) >= 11 is 0. The molecule has 1 saturated carbocycles. The van der Waals surface area contributed by atoms with E-state index in [1.54, 1.807) is 20.8 Å². The molecule has 0 radical (unpaired) electrons. The van der Waals surface area contributed by atoms with Crippen LogP contribution in [-0.2, 0) is 14.6 Å². The summed E-state index contributed by atoms with van der Waals surface area (Å²) in [5.74, 6) is 1.17. The molecule has 2 atom stereocenters. The van der Waals surface area contributed by atoms with Crippen LogP contribution < -0.4 is 5.73 Å². The third-order valence-corrected chi connectivity index (χ3v) is 6.70. The van der Waals surface area contributed by atoms with Crippen LogP contribution in [0.25, 0.3) is 0 Å². The summed E-state index contributed by atoms with van der Waals surface area (Å²) in [4.78, 5) is 0. The Balaban J connectivity index is 2.31. The standard InChI is InChI=1S/C14H29NO3S/c1-14(2,3)19(16,17)9-8-18-11-13-7-5-4-6-12(13)10-15/h12-13H,4-11,15H2,1-3H3. The van der Waals surface area contributed by atoms with Crippen molar-refractivity contribution in [2.24, 2.45) is 17.6 Å². The summed E-state index contributed by atoms with van der Waals surface area (Å²) in [5.41, 5.74) is 5.77. The van der Waals surface area contributed by atoms with Crippen LogP contribution in [0, 0.1) is 11.8 Å². The van der Waals surface area contributed by atoms with Crippen LogP contribution >= 0.6 is 0 Å². The predicted octanol–water partition coefficient (Wildman–Crippen LogP) is 1.98. The Morgan fingerprint density at radius 2 is 1.74 bits per heavy atom. The first-order valence-corrected chi connectivity index (χ1v) is 8.93. The molecule has 1 aliphatic rings. The maximum Gasteiger partial charge on any atom is 0.157 e. The van der Waals surface area contributed by atoms with Crippen LogP contribution in [0.4, 0.5) is 0 Å². The number of nitrogens with two attached hydrogens (primary N) is 1. The number of ether oxygens (including phenoxy) is 1. The van der Waals surface area contributed by atoms with Gasteiger partial charge >= 0.3 is 0 Å². The molecule has 0 aliphatic heterocycles. The molecule has 0 bridgehead atoms. The van der Waals surface area contributed by atoms with Gasteiger partial charge in [-0.25, -0.2) is 8.42 Å². The van der Waals surface area contributed by atoms with Gasteiger partial charge in [-0.05, 0) is 52.0 Å². The topological polar surface area (TPSA) is 69.4 Å². The molecular weight excluding hydrogens is 262 g/mol. The first-order valence-electron chi connectivity index (χ1n) is 7.28. The summed E-state index contributed by atoms with van der Waals surface area (Å²) in [6, 6.07) is 0. The normalized spacial score (nSPS) is 25.5. The van der Waals surface area contributed by atoms with Gasteiger partial charge in [0.05, 0.1) is 17.1 Å². The molecule has 0 aromatic rings. The average molecular weight is 291 g/mol. The molecule has 1 fully saturated rings. The van der Waals surface area contributed by atoms with Crippen molar-refractivity contribution in [2.75, 3.05) is 25.5 Å². The van der Waals surface area contributed by atoms with Gasteiger partial charge in [-0.2, -0.15) is 0 Å². The van der Waals surface area contributed by atoms with Crippen molar-refractivity contribution in [3.8, 4) is 0 Å². The van der Waals surface area contributed by atoms with Crippen molar-refractivity contribution in [3.05, 3.63) is 0 Å². The number of hydrogen-bond donors (Lipinski definition) is 1. The van der Waals surface area contributed by atoms with E-state index in [-0.39, 0.29) is 5.75 Å². The van der Waals surface area contributed by atoms with E-state index in [1.165, 1.54) is 19.3 Å². The van der Waals surface area contributed by atoms with Gasteiger partial charge in [-0.15, -0.1) is 0 Å². The molecule has 1 rings (SSSR count). The summed E-state index contributed by atoms with van der Waals surface area (Å²) in [6.45, 7) is 6.86. The zero-order chi connectivity index (χ0) is 14.5. The predicted molar refractivity (Wildman–Crippen MR) is 78.9 cm³/mol. The third-order valence-electron chi connectivity index (χ3n) is 4.13. The monoisotopic (exact) mass is 291 g/mol. The van der Waals surface area contributed by atoms with E-state index < -0.39 is 14.6 Å². The van der Waals surface area contributed by atoms with Crippen LogP contribution in [-0.4, -0.2) is 38.7 Å². The van der Waals surface area contributed by atoms with Crippen molar-refractivity contribution >= 4 is 9.84 Å². The van der Waals surface area contributed by atoms with E-state index >= 15 is 0 Å². The third kappa shape index (κ3) is 5.04. The molecule has 2 N–H and O–H groups in total. The minimum atomic E-state index is -3.07. The number of rotatable bonds is 6. The lowest BCUT2D eigenvalue weighted by Crippen LogP contribution is -2.33. The van der Waals surface area contributed by atoms with Crippen molar-refractivity contribution in [1.29, 1.82) is 0 Å². The van der Waals surface area contributed by atoms with E-state index in [9.17, 15) is 8.42 Å². The number of sulfone groups is 1. The largest absolute Gasteiger partial charge is 0.380 e. The van der Waals surface area contributed by atoms with Gasteiger partial charge in [-0.3, -0.25) is 0 Å². The lowest BCUT2D eigenvalue weighted by molar-refractivity contribution is 0.0694. The highest BCUT2D eigenvalue weighted by molar-refractivity contribution is 7.92. The van der Waals surface area contributed by atoms with Gasteiger partial charge in [0.2, 0.25) is 0 Å². The second kappa shape index (κ2) is 7.04. The summed E-state index contributed by atoms with van der Waals surface area (Å²) < 4.78 is 28.8. The van der Waals surface area contributed by atoms with Gasteiger partial charge in [0.1, 0.15) is 0 Å². The second-order valence-electron chi connectivity index (χ2n) is 6.55. The van der Waals surface area contributed by atoms with Gasteiger partial charge in [0.15, 0.2) is 9.84 Å². The fourth-order valence-corrected chi connectivity index (χ4v) is 3.47. The maximum atomic E-state index is 11.9. The Bertz CT molecular complexity index is 359. The maximum absolute atomic E-state index is 11.9. The van der Waals surface area contributed by atoms with Gasteiger partial charge < -0.3 is 10.5 Å². The molecule has 0 heterocycles. The van der Waals surface area contributed by atoms with Crippen LogP contribution in [0.5, 0.6) is 0 Å². The molecule has 2 unspecified atom stereocenters. The minimum Gasteiger partial charge on any atom is -0.380 e. The van der Waals surface area contributed by atoms with E-state index in [0.29, 0.717) is 31.6 Å². The first-order chi connectivity index (χ1) is 8.78. The van der Waals surface area contributed by atoms with Crippen LogP contribution in [0.1, 0.15) is 46.5 Å². The van der Waals surface area contributed by atoms with Crippen molar-refractivity contribution < 1.29 is 13.2 Å². The Hall–Kier alpha value is -0.130. The fraction of sp³-hybridized carbons (Fsp3) is 1.00. The highest BCUT2D eigenvalue weighted by atomic mass is 32.2. The second-order valence-corrected chi connectivity index (χ2v) is 9.41. The molecule has 114 valence electrons. The zero-order valence-electron chi connectivity index (χ0n) is 12.5. The molecule has 0 saturated heterocycles. The van der Waals surface area contributed by atoms with Gasteiger partial charge in [-0.1, -0.05) is 12.8 Å². The summed E-state index contributed by atoms with van der Waals surface area (Å²) in [7, 11) is -3.07. The van der Waals surface area contributed by atoms with Gasteiger partial charge in [0.25, 0.3) is 0 Å². The summed E-state index contributed by atoms with van der Waals surface area (Å²) in [6.07, 6.45) is 4.85. The fourth-order valence-electron chi connectivity index (χ4n) is 2.52. The minimum absolute atomic E-state index is 0.108. The molecular formula is C14H29NO3S.